The molecule has 1 saturated heterocycles. The Balaban J connectivity index is 2.03. The predicted molar refractivity (Wildman–Crippen MR) is 69.4 cm³/mol. The van der Waals surface area contributed by atoms with Crippen LogP contribution in [-0.2, 0) is 0 Å². The van der Waals surface area contributed by atoms with Gasteiger partial charge in [0.05, 0.1) is 0 Å². The molecule has 1 heterocycles. The molecule has 1 nitrogen and oxygen atoms in total. The van der Waals surface area contributed by atoms with Crippen molar-refractivity contribution in [1.82, 2.24) is 3.11 Å². The average Bonchev–Trinajstić information content (AvgIpc) is 2.23. The first-order chi connectivity index (χ1) is 6.61. The van der Waals surface area contributed by atoms with E-state index in [1.807, 2.05) is 0 Å². The van der Waals surface area contributed by atoms with Gasteiger partial charge >= 0.3 is 0 Å². The fraction of sp³-hybridized carbons (Fsp3) is 1.00. The molecule has 0 N–H and O–H groups in total. The van der Waals surface area contributed by atoms with Crippen molar-refractivity contribution in [3.05, 3.63) is 0 Å². The molecule has 2 fully saturated rings. The minimum absolute atomic E-state index is 0.773. The molecule has 2 heteroatoms. The van der Waals surface area contributed by atoms with Crippen LogP contribution in [-0.4, -0.2) is 16.2 Å². The summed E-state index contributed by atoms with van der Waals surface area (Å²) < 4.78 is 2.52. The lowest BCUT2D eigenvalue weighted by molar-refractivity contribution is 0.0858. The van der Waals surface area contributed by atoms with E-state index in [0.717, 1.165) is 17.3 Å². The lowest BCUT2D eigenvalue weighted by Crippen LogP contribution is -2.32. The third-order valence-electron chi connectivity index (χ3n) is 4.37. The highest BCUT2D eigenvalue weighted by molar-refractivity contribution is 14.1. The van der Waals surface area contributed by atoms with Gasteiger partial charge in [0.15, 0.2) is 0 Å². The lowest BCUT2D eigenvalue weighted by atomic mass is 9.62. The Morgan fingerprint density at radius 1 is 1.29 bits per heavy atom. The van der Waals surface area contributed by atoms with E-state index in [9.17, 15) is 0 Å². The summed E-state index contributed by atoms with van der Waals surface area (Å²) in [6, 6.07) is 0. The van der Waals surface area contributed by atoms with Crippen LogP contribution in [0.2, 0.25) is 0 Å². The Hall–Kier alpha value is 0.690. The van der Waals surface area contributed by atoms with Crippen LogP contribution in [0.5, 0.6) is 0 Å². The fourth-order valence-corrected chi connectivity index (χ4v) is 3.75. The first-order valence-electron chi connectivity index (χ1n) is 6.02. The molecule has 0 amide bonds. The zero-order chi connectivity index (χ0) is 10.2. The Kier molecular flexibility index (Phi) is 3.42. The molecule has 14 heavy (non-hydrogen) atoms. The Morgan fingerprint density at radius 3 is 2.50 bits per heavy atom. The average molecular weight is 307 g/mol. The molecule has 0 aromatic carbocycles. The molecule has 0 radical (unpaired) electrons. The Bertz CT molecular complexity index is 198. The molecule has 1 saturated carbocycles. The minimum Gasteiger partial charge on any atom is -0.247 e. The maximum Gasteiger partial charge on any atom is 0.0201 e. The van der Waals surface area contributed by atoms with E-state index in [-0.39, 0.29) is 0 Å². The molecule has 2 rings (SSSR count). The molecule has 1 atom stereocenters. The summed E-state index contributed by atoms with van der Waals surface area (Å²) in [5.74, 6) is 1.80. The monoisotopic (exact) mass is 307 g/mol. The Labute approximate surface area is 102 Å². The summed E-state index contributed by atoms with van der Waals surface area (Å²) in [4.78, 5) is 0. The molecule has 2 aliphatic rings. The molecule has 1 spiro atoms. The second kappa shape index (κ2) is 4.28. The minimum atomic E-state index is 0.773. The lowest BCUT2D eigenvalue weighted by Gasteiger charge is -2.43. The number of hydrogen-bond donors (Lipinski definition) is 0. The van der Waals surface area contributed by atoms with Crippen LogP contribution in [0.3, 0.4) is 0 Å². The van der Waals surface area contributed by atoms with Gasteiger partial charge in [0.2, 0.25) is 0 Å². The first kappa shape index (κ1) is 11.2. The van der Waals surface area contributed by atoms with Gasteiger partial charge in [-0.2, -0.15) is 0 Å². The van der Waals surface area contributed by atoms with Gasteiger partial charge in [-0.3, -0.25) is 0 Å². The maximum absolute atomic E-state index is 2.52. The summed E-state index contributed by atoms with van der Waals surface area (Å²) in [6.07, 6.45) is 7.48. The molecular formula is C12H22IN. The second-order valence-corrected chi connectivity index (χ2v) is 7.05. The maximum atomic E-state index is 2.52. The highest BCUT2D eigenvalue weighted by Crippen LogP contribution is 2.51. The van der Waals surface area contributed by atoms with Crippen molar-refractivity contribution >= 4 is 22.9 Å². The van der Waals surface area contributed by atoms with Gasteiger partial charge in [0, 0.05) is 36.0 Å². The number of rotatable bonds is 1. The smallest absolute Gasteiger partial charge is 0.0201 e. The normalized spacial score (nSPS) is 33.0. The van der Waals surface area contributed by atoms with Crippen molar-refractivity contribution in [2.45, 2.75) is 46.0 Å². The number of nitrogens with zero attached hydrogens (tertiary/aromatic N) is 1. The van der Waals surface area contributed by atoms with Crippen LogP contribution in [0.25, 0.3) is 0 Å². The first-order valence-corrected chi connectivity index (χ1v) is 6.99. The fourth-order valence-electron chi connectivity index (χ4n) is 3.00. The van der Waals surface area contributed by atoms with Gasteiger partial charge in [0.1, 0.15) is 0 Å². The molecule has 0 aromatic heterocycles. The van der Waals surface area contributed by atoms with Crippen LogP contribution in [0.4, 0.5) is 0 Å². The quantitative estimate of drug-likeness (QED) is 0.525. The van der Waals surface area contributed by atoms with Gasteiger partial charge in [-0.1, -0.05) is 20.3 Å². The molecule has 1 aliphatic heterocycles. The van der Waals surface area contributed by atoms with E-state index in [1.165, 1.54) is 45.2 Å². The molecule has 1 aliphatic carbocycles. The molecular weight excluding hydrogens is 285 g/mol. The van der Waals surface area contributed by atoms with Gasteiger partial charge in [-0.15, -0.1) is 0 Å². The summed E-state index contributed by atoms with van der Waals surface area (Å²) in [6.45, 7) is 7.43. The zero-order valence-electron chi connectivity index (χ0n) is 9.43. The predicted octanol–water partition coefficient (Wildman–Crippen LogP) is 3.87. The second-order valence-electron chi connectivity index (χ2n) is 5.68. The van der Waals surface area contributed by atoms with Crippen LogP contribution >= 0.6 is 22.9 Å². The van der Waals surface area contributed by atoms with Crippen molar-refractivity contribution in [3.63, 3.8) is 0 Å². The van der Waals surface area contributed by atoms with E-state index < -0.39 is 0 Å². The summed E-state index contributed by atoms with van der Waals surface area (Å²) in [7, 11) is 0. The van der Waals surface area contributed by atoms with E-state index >= 15 is 0 Å². The van der Waals surface area contributed by atoms with Crippen LogP contribution < -0.4 is 0 Å². The van der Waals surface area contributed by atoms with Crippen LogP contribution in [0, 0.1) is 17.3 Å². The molecule has 0 aromatic rings. The summed E-state index contributed by atoms with van der Waals surface area (Å²) in [5.41, 5.74) is 0.773. The molecule has 82 valence electrons. The Morgan fingerprint density at radius 2 is 2.00 bits per heavy atom. The van der Waals surface area contributed by atoms with Crippen LogP contribution in [0.15, 0.2) is 0 Å². The van der Waals surface area contributed by atoms with E-state index in [1.54, 1.807) is 0 Å². The third-order valence-corrected chi connectivity index (χ3v) is 5.25. The SMILES string of the molecule is CC(C)[C@@H]1CN(I)CCC2(CCC2)C1. The van der Waals surface area contributed by atoms with Crippen molar-refractivity contribution in [2.24, 2.45) is 17.3 Å². The van der Waals surface area contributed by atoms with Crippen molar-refractivity contribution in [1.29, 1.82) is 0 Å². The standard InChI is InChI=1S/C12H22IN/c1-10(2)11-8-12(4-3-5-12)6-7-14(13)9-11/h10-11H,3-9H2,1-2H3/t11-/m0/s1. The topological polar surface area (TPSA) is 3.24 Å². The number of hydrogen-bond acceptors (Lipinski definition) is 1. The van der Waals surface area contributed by atoms with E-state index in [0.29, 0.717) is 0 Å². The highest BCUT2D eigenvalue weighted by atomic mass is 127. The molecule has 0 bridgehead atoms. The largest absolute Gasteiger partial charge is 0.247 e. The van der Waals surface area contributed by atoms with E-state index in [4.69, 9.17) is 0 Å². The van der Waals surface area contributed by atoms with Gasteiger partial charge in [0.25, 0.3) is 0 Å². The zero-order valence-corrected chi connectivity index (χ0v) is 11.6. The summed E-state index contributed by atoms with van der Waals surface area (Å²) in [5, 5.41) is 0. The summed E-state index contributed by atoms with van der Waals surface area (Å²) >= 11 is 2.52. The van der Waals surface area contributed by atoms with Gasteiger partial charge < -0.3 is 0 Å². The van der Waals surface area contributed by atoms with Gasteiger partial charge in [-0.25, -0.2) is 3.11 Å². The van der Waals surface area contributed by atoms with Gasteiger partial charge in [-0.05, 0) is 42.9 Å². The van der Waals surface area contributed by atoms with Crippen LogP contribution in [0.1, 0.15) is 46.0 Å². The molecule has 0 unspecified atom stereocenters. The highest BCUT2D eigenvalue weighted by Gasteiger charge is 2.41. The van der Waals surface area contributed by atoms with Crippen molar-refractivity contribution < 1.29 is 0 Å². The van der Waals surface area contributed by atoms with Crippen molar-refractivity contribution in [2.75, 3.05) is 13.1 Å². The third kappa shape index (κ3) is 2.26. The van der Waals surface area contributed by atoms with E-state index in [2.05, 4.69) is 39.8 Å². The van der Waals surface area contributed by atoms with Crippen molar-refractivity contribution in [3.8, 4) is 0 Å². The number of halogens is 1.